The molecule has 0 atom stereocenters. The summed E-state index contributed by atoms with van der Waals surface area (Å²) < 4.78 is 1.20. The maximum absolute atomic E-state index is 11.6. The molecule has 0 saturated heterocycles. The molecule has 3 nitrogen and oxygen atoms in total. The molecule has 0 aliphatic rings. The first-order chi connectivity index (χ1) is 7.11. The van der Waals surface area contributed by atoms with Crippen LogP contribution in [0.1, 0.15) is 25.3 Å². The van der Waals surface area contributed by atoms with Crippen molar-refractivity contribution < 1.29 is 0 Å². The largest absolute Gasteiger partial charge is 0.336 e. The molecule has 3 heteroatoms. The quantitative estimate of drug-likeness (QED) is 0.717. The van der Waals surface area contributed by atoms with Crippen molar-refractivity contribution >= 4 is 10.9 Å². The van der Waals surface area contributed by atoms with Crippen molar-refractivity contribution in [3.05, 3.63) is 46.2 Å². The van der Waals surface area contributed by atoms with E-state index in [0.29, 0.717) is 5.92 Å². The standard InChI is InChI=1S/C12H14N2O/c1-8(2)10-7-12(15)14(13)11-6-4-3-5-9(10)11/h3-8H,13H2,1-2H3. The minimum Gasteiger partial charge on any atom is -0.336 e. The molecule has 1 heterocycles. The van der Waals surface area contributed by atoms with Crippen molar-refractivity contribution in [2.24, 2.45) is 0 Å². The second-order valence-electron chi connectivity index (χ2n) is 3.98. The van der Waals surface area contributed by atoms with Gasteiger partial charge in [0.25, 0.3) is 5.56 Å². The molecule has 2 aromatic rings. The lowest BCUT2D eigenvalue weighted by atomic mass is 9.99. The van der Waals surface area contributed by atoms with E-state index in [-0.39, 0.29) is 5.56 Å². The van der Waals surface area contributed by atoms with Gasteiger partial charge in [0, 0.05) is 11.5 Å². The van der Waals surface area contributed by atoms with E-state index in [1.807, 2.05) is 24.3 Å². The zero-order chi connectivity index (χ0) is 11.0. The number of aromatic nitrogens is 1. The second kappa shape index (κ2) is 3.42. The van der Waals surface area contributed by atoms with Gasteiger partial charge in [-0.1, -0.05) is 32.0 Å². The Balaban J connectivity index is 2.95. The van der Waals surface area contributed by atoms with Gasteiger partial charge in [-0.2, -0.15) is 0 Å². The van der Waals surface area contributed by atoms with E-state index in [2.05, 4.69) is 13.8 Å². The SMILES string of the molecule is CC(C)c1cc(=O)n(N)c2ccccc12. The number of benzene rings is 1. The van der Waals surface area contributed by atoms with Crippen LogP contribution in [0.3, 0.4) is 0 Å². The number of rotatable bonds is 1. The van der Waals surface area contributed by atoms with Gasteiger partial charge in [0.05, 0.1) is 5.52 Å². The summed E-state index contributed by atoms with van der Waals surface area (Å²) in [5, 5.41) is 1.05. The van der Waals surface area contributed by atoms with Gasteiger partial charge in [-0.15, -0.1) is 0 Å². The summed E-state index contributed by atoms with van der Waals surface area (Å²) in [4.78, 5) is 11.6. The number of hydrogen-bond acceptors (Lipinski definition) is 2. The van der Waals surface area contributed by atoms with E-state index in [1.54, 1.807) is 6.07 Å². The maximum Gasteiger partial charge on any atom is 0.269 e. The van der Waals surface area contributed by atoms with Crippen LogP contribution in [0.2, 0.25) is 0 Å². The van der Waals surface area contributed by atoms with Crippen LogP contribution in [0.4, 0.5) is 0 Å². The molecule has 0 unspecified atom stereocenters. The summed E-state index contributed by atoms with van der Waals surface area (Å²) in [6.45, 7) is 4.14. The lowest BCUT2D eigenvalue weighted by Gasteiger charge is -2.11. The highest BCUT2D eigenvalue weighted by atomic mass is 16.1. The smallest absolute Gasteiger partial charge is 0.269 e. The fourth-order valence-corrected chi connectivity index (χ4v) is 1.80. The molecule has 78 valence electrons. The molecular weight excluding hydrogens is 188 g/mol. The molecule has 1 aromatic carbocycles. The van der Waals surface area contributed by atoms with E-state index in [1.165, 1.54) is 4.68 Å². The predicted octanol–water partition coefficient (Wildman–Crippen LogP) is 1.84. The normalized spacial score (nSPS) is 11.1. The number of nitrogen functional groups attached to an aromatic ring is 1. The maximum atomic E-state index is 11.6. The van der Waals surface area contributed by atoms with Gasteiger partial charge in [-0.05, 0) is 17.5 Å². The van der Waals surface area contributed by atoms with Crippen molar-refractivity contribution in [1.82, 2.24) is 4.68 Å². The molecule has 0 radical (unpaired) electrons. The number of para-hydroxylation sites is 1. The Labute approximate surface area is 88.1 Å². The van der Waals surface area contributed by atoms with Crippen LogP contribution in [-0.4, -0.2) is 4.68 Å². The summed E-state index contributed by atoms with van der Waals surface area (Å²) in [5.74, 6) is 6.01. The van der Waals surface area contributed by atoms with Crippen LogP contribution >= 0.6 is 0 Å². The van der Waals surface area contributed by atoms with Crippen LogP contribution in [0.15, 0.2) is 35.1 Å². The van der Waals surface area contributed by atoms with Crippen molar-refractivity contribution in [3.8, 4) is 0 Å². The van der Waals surface area contributed by atoms with Gasteiger partial charge in [-0.3, -0.25) is 4.79 Å². The molecule has 2 rings (SSSR count). The van der Waals surface area contributed by atoms with Crippen molar-refractivity contribution in [2.75, 3.05) is 5.84 Å². The minimum atomic E-state index is -0.155. The first-order valence-corrected chi connectivity index (χ1v) is 5.01. The monoisotopic (exact) mass is 202 g/mol. The molecule has 0 amide bonds. The van der Waals surface area contributed by atoms with Crippen LogP contribution in [-0.2, 0) is 0 Å². The molecule has 0 aliphatic carbocycles. The predicted molar refractivity (Wildman–Crippen MR) is 62.4 cm³/mol. The van der Waals surface area contributed by atoms with Crippen molar-refractivity contribution in [2.45, 2.75) is 19.8 Å². The lowest BCUT2D eigenvalue weighted by Crippen LogP contribution is -2.27. The fraction of sp³-hybridized carbons (Fsp3) is 0.250. The first-order valence-electron chi connectivity index (χ1n) is 5.01. The highest BCUT2D eigenvalue weighted by molar-refractivity contribution is 5.83. The molecule has 0 spiro atoms. The van der Waals surface area contributed by atoms with Gasteiger partial charge in [0.2, 0.25) is 0 Å². The third kappa shape index (κ3) is 1.50. The van der Waals surface area contributed by atoms with Crippen LogP contribution < -0.4 is 11.4 Å². The van der Waals surface area contributed by atoms with Gasteiger partial charge in [0.15, 0.2) is 0 Å². The van der Waals surface area contributed by atoms with Gasteiger partial charge in [0.1, 0.15) is 0 Å². The van der Waals surface area contributed by atoms with E-state index < -0.39 is 0 Å². The summed E-state index contributed by atoms with van der Waals surface area (Å²) in [7, 11) is 0. The second-order valence-corrected chi connectivity index (χ2v) is 3.98. The van der Waals surface area contributed by atoms with Crippen molar-refractivity contribution in [1.29, 1.82) is 0 Å². The molecule has 0 fully saturated rings. The molecule has 1 aromatic heterocycles. The highest BCUT2D eigenvalue weighted by Crippen LogP contribution is 2.22. The Morgan fingerprint density at radius 1 is 1.27 bits per heavy atom. The number of hydrogen-bond donors (Lipinski definition) is 1. The van der Waals surface area contributed by atoms with E-state index in [9.17, 15) is 4.79 Å². The van der Waals surface area contributed by atoms with E-state index in [4.69, 9.17) is 5.84 Å². The zero-order valence-corrected chi connectivity index (χ0v) is 8.90. The molecule has 2 N–H and O–H groups in total. The first kappa shape index (κ1) is 9.77. The third-order valence-electron chi connectivity index (χ3n) is 2.61. The van der Waals surface area contributed by atoms with Crippen LogP contribution in [0.5, 0.6) is 0 Å². The average Bonchev–Trinajstić information content (AvgIpc) is 2.23. The summed E-state index contributed by atoms with van der Waals surface area (Å²) in [5.41, 5.74) is 1.68. The number of pyridine rings is 1. The summed E-state index contributed by atoms with van der Waals surface area (Å²) >= 11 is 0. The average molecular weight is 202 g/mol. The lowest BCUT2D eigenvalue weighted by molar-refractivity contribution is 0.861. The Bertz CT molecular complexity index is 555. The van der Waals surface area contributed by atoms with Gasteiger partial charge < -0.3 is 5.84 Å². The summed E-state index contributed by atoms with van der Waals surface area (Å²) in [6, 6.07) is 9.32. The number of nitrogens with two attached hydrogens (primary N) is 1. The minimum absolute atomic E-state index is 0.155. The van der Waals surface area contributed by atoms with Gasteiger partial charge in [-0.25, -0.2) is 4.68 Å². The fourth-order valence-electron chi connectivity index (χ4n) is 1.80. The van der Waals surface area contributed by atoms with Crippen LogP contribution in [0, 0.1) is 0 Å². The number of fused-ring (bicyclic) bond motifs is 1. The highest BCUT2D eigenvalue weighted by Gasteiger charge is 2.08. The van der Waals surface area contributed by atoms with Crippen LogP contribution in [0.25, 0.3) is 10.9 Å². The Morgan fingerprint density at radius 2 is 1.93 bits per heavy atom. The Kier molecular flexibility index (Phi) is 2.23. The summed E-state index contributed by atoms with van der Waals surface area (Å²) in [6.07, 6.45) is 0. The molecule has 0 saturated carbocycles. The Morgan fingerprint density at radius 3 is 2.60 bits per heavy atom. The van der Waals surface area contributed by atoms with E-state index >= 15 is 0 Å². The molecular formula is C12H14N2O. The van der Waals surface area contributed by atoms with E-state index in [0.717, 1.165) is 16.5 Å². The molecule has 0 bridgehead atoms. The Hall–Kier alpha value is -1.77. The topological polar surface area (TPSA) is 48.0 Å². The van der Waals surface area contributed by atoms with Gasteiger partial charge >= 0.3 is 0 Å². The molecule has 15 heavy (non-hydrogen) atoms. The zero-order valence-electron chi connectivity index (χ0n) is 8.90. The third-order valence-corrected chi connectivity index (χ3v) is 2.61. The van der Waals surface area contributed by atoms with Crippen molar-refractivity contribution in [3.63, 3.8) is 0 Å². The number of nitrogens with zero attached hydrogens (tertiary/aromatic N) is 1. The molecule has 0 aliphatic heterocycles.